The molecule has 3 heteroatoms. The molecule has 0 aliphatic heterocycles. The van der Waals surface area contributed by atoms with Crippen molar-refractivity contribution in [2.45, 2.75) is 39.2 Å². The summed E-state index contributed by atoms with van der Waals surface area (Å²) in [5.41, 5.74) is 0. The first-order valence-corrected chi connectivity index (χ1v) is 4.50. The Morgan fingerprint density at radius 2 is 2.17 bits per heavy atom. The number of carbonyl (C=O) groups is 1. The smallest absolute Gasteiger partial charge is 0.222 e. The number of nitrogens with zero attached hydrogens (tertiary/aromatic N) is 1. The Hall–Kier alpha value is -0.570. The fourth-order valence-corrected chi connectivity index (χ4v) is 0.983. The van der Waals surface area contributed by atoms with Crippen LogP contribution in [0.4, 0.5) is 0 Å². The van der Waals surface area contributed by atoms with Crippen molar-refractivity contribution in [1.82, 2.24) is 4.90 Å². The zero-order chi connectivity index (χ0) is 9.56. The van der Waals surface area contributed by atoms with Gasteiger partial charge in [0.25, 0.3) is 0 Å². The predicted molar refractivity (Wildman–Crippen MR) is 48.8 cm³/mol. The third kappa shape index (κ3) is 5.13. The molecule has 1 unspecified atom stereocenters. The number of amides is 1. The van der Waals surface area contributed by atoms with E-state index in [9.17, 15) is 4.79 Å². The Labute approximate surface area is 74.4 Å². The van der Waals surface area contributed by atoms with Gasteiger partial charge in [-0.15, -0.1) is 0 Å². The fraction of sp³-hybridized carbons (Fsp3) is 0.889. The van der Waals surface area contributed by atoms with Crippen LogP contribution in [0.1, 0.15) is 33.1 Å². The molecule has 0 fully saturated rings. The normalized spacial score (nSPS) is 12.7. The molecule has 1 amide bonds. The fourth-order valence-electron chi connectivity index (χ4n) is 0.983. The van der Waals surface area contributed by atoms with Gasteiger partial charge < -0.3 is 10.0 Å². The molecule has 0 rings (SSSR count). The van der Waals surface area contributed by atoms with E-state index in [-0.39, 0.29) is 12.0 Å². The van der Waals surface area contributed by atoms with Gasteiger partial charge in [-0.3, -0.25) is 4.79 Å². The second-order valence-electron chi connectivity index (χ2n) is 3.20. The van der Waals surface area contributed by atoms with E-state index in [1.165, 1.54) is 0 Å². The highest BCUT2D eigenvalue weighted by Gasteiger charge is 2.08. The molecule has 0 saturated heterocycles. The zero-order valence-electron chi connectivity index (χ0n) is 8.21. The lowest BCUT2D eigenvalue weighted by atomic mass is 10.2. The molecule has 0 aliphatic carbocycles. The molecule has 0 aromatic rings. The van der Waals surface area contributed by atoms with Gasteiger partial charge in [0.2, 0.25) is 5.91 Å². The molecule has 0 aromatic carbocycles. The van der Waals surface area contributed by atoms with Crippen LogP contribution >= 0.6 is 0 Å². The quantitative estimate of drug-likeness (QED) is 0.674. The highest BCUT2D eigenvalue weighted by Crippen LogP contribution is 1.99. The van der Waals surface area contributed by atoms with Crippen LogP contribution in [0.3, 0.4) is 0 Å². The Morgan fingerprint density at radius 3 is 2.58 bits per heavy atom. The molecule has 0 heterocycles. The van der Waals surface area contributed by atoms with Crippen molar-refractivity contribution in [3.05, 3.63) is 0 Å². The number of carbonyl (C=O) groups excluding carboxylic acids is 1. The van der Waals surface area contributed by atoms with Crippen LogP contribution in [0.15, 0.2) is 0 Å². The van der Waals surface area contributed by atoms with Crippen LogP contribution in [0.2, 0.25) is 0 Å². The van der Waals surface area contributed by atoms with Gasteiger partial charge in [-0.2, -0.15) is 0 Å². The number of aliphatic hydroxyl groups excluding tert-OH is 1. The Balaban J connectivity index is 3.57. The Bertz CT molecular complexity index is 134. The molecule has 0 bridgehead atoms. The Morgan fingerprint density at radius 1 is 1.58 bits per heavy atom. The molecular formula is C9H19NO2. The third-order valence-corrected chi connectivity index (χ3v) is 1.76. The van der Waals surface area contributed by atoms with E-state index in [1.807, 2.05) is 6.92 Å². The van der Waals surface area contributed by atoms with Gasteiger partial charge in [-0.25, -0.2) is 0 Å². The number of rotatable bonds is 5. The predicted octanol–water partition coefficient (Wildman–Crippen LogP) is 1.02. The summed E-state index contributed by atoms with van der Waals surface area (Å²) in [6, 6.07) is 0. The molecule has 0 spiro atoms. The summed E-state index contributed by atoms with van der Waals surface area (Å²) in [7, 11) is 1.80. The number of hydrogen-bond acceptors (Lipinski definition) is 2. The largest absolute Gasteiger partial charge is 0.393 e. The average Bonchev–Trinajstić information content (AvgIpc) is 2.00. The van der Waals surface area contributed by atoms with Gasteiger partial charge in [-0.05, 0) is 19.8 Å². The highest BCUT2D eigenvalue weighted by molar-refractivity contribution is 5.75. The first-order chi connectivity index (χ1) is 5.57. The minimum atomic E-state index is -0.371. The molecule has 0 aliphatic rings. The molecule has 1 atom stereocenters. The topological polar surface area (TPSA) is 40.5 Å². The van der Waals surface area contributed by atoms with Crippen molar-refractivity contribution in [2.75, 3.05) is 13.6 Å². The van der Waals surface area contributed by atoms with Crippen LogP contribution in [-0.2, 0) is 4.79 Å². The molecule has 0 radical (unpaired) electrons. The van der Waals surface area contributed by atoms with Gasteiger partial charge in [-0.1, -0.05) is 6.92 Å². The lowest BCUT2D eigenvalue weighted by Gasteiger charge is -2.16. The van der Waals surface area contributed by atoms with Gasteiger partial charge in [0.1, 0.15) is 0 Å². The van der Waals surface area contributed by atoms with Crippen molar-refractivity contribution in [3.63, 3.8) is 0 Å². The summed E-state index contributed by atoms with van der Waals surface area (Å²) in [6.45, 7) is 4.55. The summed E-state index contributed by atoms with van der Waals surface area (Å²) in [4.78, 5) is 13.0. The summed E-state index contributed by atoms with van der Waals surface area (Å²) < 4.78 is 0. The third-order valence-electron chi connectivity index (χ3n) is 1.76. The maximum atomic E-state index is 11.3. The van der Waals surface area contributed by atoms with Crippen LogP contribution in [0, 0.1) is 0 Å². The molecule has 0 aromatic heterocycles. The average molecular weight is 173 g/mol. The summed E-state index contributed by atoms with van der Waals surface area (Å²) in [6.07, 6.45) is 1.63. The van der Waals surface area contributed by atoms with Crippen LogP contribution in [-0.4, -0.2) is 35.6 Å². The number of hydrogen-bond donors (Lipinski definition) is 1. The minimum Gasteiger partial charge on any atom is -0.393 e. The van der Waals surface area contributed by atoms with Gasteiger partial charge in [0, 0.05) is 20.0 Å². The van der Waals surface area contributed by atoms with Crippen molar-refractivity contribution in [1.29, 1.82) is 0 Å². The van der Waals surface area contributed by atoms with Crippen LogP contribution in [0.25, 0.3) is 0 Å². The first kappa shape index (κ1) is 11.4. The van der Waals surface area contributed by atoms with Crippen molar-refractivity contribution >= 4 is 5.91 Å². The van der Waals surface area contributed by atoms with E-state index in [0.717, 1.165) is 13.0 Å². The maximum absolute atomic E-state index is 11.3. The van der Waals surface area contributed by atoms with Gasteiger partial charge in [0.05, 0.1) is 6.10 Å². The SMILES string of the molecule is CCCN(C)C(=O)CCC(C)O. The molecule has 3 nitrogen and oxygen atoms in total. The summed E-state index contributed by atoms with van der Waals surface area (Å²) in [5.74, 6) is 0.123. The highest BCUT2D eigenvalue weighted by atomic mass is 16.3. The summed E-state index contributed by atoms with van der Waals surface area (Å²) >= 11 is 0. The van der Waals surface area contributed by atoms with Gasteiger partial charge in [0.15, 0.2) is 0 Å². The van der Waals surface area contributed by atoms with Crippen LogP contribution in [0.5, 0.6) is 0 Å². The lowest BCUT2D eigenvalue weighted by Crippen LogP contribution is -2.27. The van der Waals surface area contributed by atoms with Crippen molar-refractivity contribution < 1.29 is 9.90 Å². The Kier molecular flexibility index (Phi) is 5.72. The maximum Gasteiger partial charge on any atom is 0.222 e. The number of aliphatic hydroxyl groups is 1. The first-order valence-electron chi connectivity index (χ1n) is 4.50. The monoisotopic (exact) mass is 173 g/mol. The van der Waals surface area contributed by atoms with E-state index in [1.54, 1.807) is 18.9 Å². The van der Waals surface area contributed by atoms with E-state index in [4.69, 9.17) is 5.11 Å². The second-order valence-corrected chi connectivity index (χ2v) is 3.20. The molecule has 1 N–H and O–H groups in total. The van der Waals surface area contributed by atoms with Crippen molar-refractivity contribution in [3.8, 4) is 0 Å². The van der Waals surface area contributed by atoms with E-state index < -0.39 is 0 Å². The van der Waals surface area contributed by atoms with E-state index in [0.29, 0.717) is 12.8 Å². The molecular weight excluding hydrogens is 154 g/mol. The van der Waals surface area contributed by atoms with E-state index >= 15 is 0 Å². The zero-order valence-corrected chi connectivity index (χ0v) is 8.21. The minimum absolute atomic E-state index is 0.123. The molecule has 12 heavy (non-hydrogen) atoms. The van der Waals surface area contributed by atoms with Gasteiger partial charge >= 0.3 is 0 Å². The second kappa shape index (κ2) is 6.00. The summed E-state index contributed by atoms with van der Waals surface area (Å²) in [5, 5.41) is 8.94. The van der Waals surface area contributed by atoms with E-state index in [2.05, 4.69) is 0 Å². The lowest BCUT2D eigenvalue weighted by molar-refractivity contribution is -0.130. The van der Waals surface area contributed by atoms with Crippen LogP contribution < -0.4 is 0 Å². The standard InChI is InChI=1S/C9H19NO2/c1-4-7-10(3)9(12)6-5-8(2)11/h8,11H,4-7H2,1-3H3. The van der Waals surface area contributed by atoms with Crippen molar-refractivity contribution in [2.24, 2.45) is 0 Å². The molecule has 72 valence electrons. The molecule has 0 saturated carbocycles.